The molecular weight excluding hydrogens is 410 g/mol. The summed E-state index contributed by atoms with van der Waals surface area (Å²) in [5.41, 5.74) is 2.02. The highest BCUT2D eigenvalue weighted by Gasteiger charge is 2.33. The van der Waals surface area contributed by atoms with Crippen molar-refractivity contribution in [3.63, 3.8) is 0 Å². The Kier molecular flexibility index (Phi) is 4.70. The first-order valence-electron chi connectivity index (χ1n) is 8.72. The predicted octanol–water partition coefficient (Wildman–Crippen LogP) is 3.50. The summed E-state index contributed by atoms with van der Waals surface area (Å²) < 4.78 is 6.70. The number of carbonyl (C=O) groups excluding carboxylic acids is 2. The molecule has 7 heteroatoms. The Hall–Kier alpha value is -2.67. The van der Waals surface area contributed by atoms with Gasteiger partial charge >= 0.3 is 0 Å². The zero-order valence-corrected chi connectivity index (χ0v) is 16.3. The summed E-state index contributed by atoms with van der Waals surface area (Å²) >= 11 is 3.33. The molecule has 0 bridgehead atoms. The number of aromatic nitrogens is 2. The average molecular weight is 428 g/mol. The van der Waals surface area contributed by atoms with Crippen molar-refractivity contribution in [1.29, 1.82) is 0 Å². The van der Waals surface area contributed by atoms with Gasteiger partial charge < -0.3 is 14.6 Å². The van der Waals surface area contributed by atoms with Gasteiger partial charge in [0.2, 0.25) is 5.88 Å². The molecule has 1 aliphatic rings. The Bertz CT molecular complexity index is 1010. The molecular formula is C20H18BrN3O3. The van der Waals surface area contributed by atoms with E-state index >= 15 is 0 Å². The van der Waals surface area contributed by atoms with Crippen molar-refractivity contribution in [2.45, 2.75) is 19.4 Å². The predicted molar refractivity (Wildman–Crippen MR) is 105 cm³/mol. The minimum atomic E-state index is -0.488. The fourth-order valence-electron chi connectivity index (χ4n) is 3.43. The summed E-state index contributed by atoms with van der Waals surface area (Å²) in [5.74, 6) is -0.457. The van der Waals surface area contributed by atoms with Gasteiger partial charge in [-0.25, -0.2) is 4.98 Å². The molecule has 1 N–H and O–H groups in total. The smallest absolute Gasteiger partial charge is 0.295 e. The molecule has 1 aliphatic heterocycles. The highest BCUT2D eigenvalue weighted by Crippen LogP contribution is 2.24. The van der Waals surface area contributed by atoms with Crippen LogP contribution in [0.2, 0.25) is 0 Å². The number of amides is 1. The van der Waals surface area contributed by atoms with E-state index in [0.717, 1.165) is 15.4 Å². The Labute approximate surface area is 164 Å². The number of ketones is 1. The molecule has 1 aromatic carbocycles. The zero-order chi connectivity index (χ0) is 19.0. The number of nitrogens with zero attached hydrogens (tertiary/aromatic N) is 2. The maximum atomic E-state index is 12.9. The fraction of sp³-hybridized carbons (Fsp3) is 0.250. The quantitative estimate of drug-likeness (QED) is 0.510. The Balaban J connectivity index is 1.47. The lowest BCUT2D eigenvalue weighted by atomic mass is 10.1. The molecule has 0 aliphatic carbocycles. The third kappa shape index (κ3) is 3.47. The van der Waals surface area contributed by atoms with E-state index in [4.69, 9.17) is 4.74 Å². The Morgan fingerprint density at radius 1 is 1.26 bits per heavy atom. The monoisotopic (exact) mass is 427 g/mol. The lowest BCUT2D eigenvalue weighted by molar-refractivity contribution is -0.125. The second-order valence-corrected chi connectivity index (χ2v) is 7.51. The van der Waals surface area contributed by atoms with E-state index in [9.17, 15) is 9.59 Å². The van der Waals surface area contributed by atoms with Crippen LogP contribution in [0.25, 0.3) is 10.9 Å². The zero-order valence-electron chi connectivity index (χ0n) is 14.7. The number of rotatable bonds is 4. The molecule has 138 valence electrons. The summed E-state index contributed by atoms with van der Waals surface area (Å²) in [5, 5.41) is 0.777. The van der Waals surface area contributed by atoms with E-state index < -0.39 is 11.7 Å². The highest BCUT2D eigenvalue weighted by molar-refractivity contribution is 9.10. The molecule has 1 fully saturated rings. The molecule has 1 unspecified atom stereocenters. The van der Waals surface area contributed by atoms with Gasteiger partial charge in [0.05, 0.1) is 12.1 Å². The minimum absolute atomic E-state index is 0.167. The molecule has 0 spiro atoms. The number of aryl methyl sites for hydroxylation is 1. The number of likely N-dealkylation sites (tertiary alicyclic amines) is 1. The van der Waals surface area contributed by atoms with Crippen LogP contribution in [0.1, 0.15) is 22.5 Å². The molecule has 0 saturated carbocycles. The van der Waals surface area contributed by atoms with Crippen molar-refractivity contribution in [3.05, 3.63) is 58.3 Å². The van der Waals surface area contributed by atoms with Crippen molar-refractivity contribution in [3.8, 4) is 5.88 Å². The number of benzene rings is 1. The van der Waals surface area contributed by atoms with Gasteiger partial charge in [0.25, 0.3) is 11.7 Å². The van der Waals surface area contributed by atoms with Crippen LogP contribution in [0.4, 0.5) is 0 Å². The number of aromatic amines is 1. The van der Waals surface area contributed by atoms with Crippen LogP contribution in [0, 0.1) is 6.92 Å². The number of hydrogen-bond donors (Lipinski definition) is 1. The number of halogens is 1. The number of carbonyl (C=O) groups is 2. The number of Topliss-reactive ketones (excluding diaryl/α,β-unsaturated/α-hetero) is 1. The minimum Gasteiger partial charge on any atom is -0.472 e. The number of nitrogens with one attached hydrogen (secondary N) is 1. The van der Waals surface area contributed by atoms with Crippen molar-refractivity contribution in [2.75, 3.05) is 13.1 Å². The number of fused-ring (bicyclic) bond motifs is 1. The molecule has 27 heavy (non-hydrogen) atoms. The largest absolute Gasteiger partial charge is 0.472 e. The van der Waals surface area contributed by atoms with Crippen LogP contribution in [-0.2, 0) is 4.79 Å². The van der Waals surface area contributed by atoms with Gasteiger partial charge in [-0.05, 0) is 35.0 Å². The number of para-hydroxylation sites is 1. The first-order valence-corrected chi connectivity index (χ1v) is 9.51. The molecule has 6 nitrogen and oxygen atoms in total. The lowest BCUT2D eigenvalue weighted by Crippen LogP contribution is -2.36. The van der Waals surface area contributed by atoms with E-state index in [-0.39, 0.29) is 6.10 Å². The molecule has 4 rings (SSSR count). The number of pyridine rings is 1. The molecule has 3 heterocycles. The second-order valence-electron chi connectivity index (χ2n) is 6.59. The average Bonchev–Trinajstić information content (AvgIpc) is 3.26. The van der Waals surface area contributed by atoms with Crippen molar-refractivity contribution in [1.82, 2.24) is 14.9 Å². The topological polar surface area (TPSA) is 75.3 Å². The number of hydrogen-bond acceptors (Lipinski definition) is 4. The van der Waals surface area contributed by atoms with Crippen molar-refractivity contribution in [2.24, 2.45) is 0 Å². The maximum absolute atomic E-state index is 12.9. The van der Waals surface area contributed by atoms with E-state index in [1.807, 2.05) is 37.3 Å². The summed E-state index contributed by atoms with van der Waals surface area (Å²) in [7, 11) is 0. The van der Waals surface area contributed by atoms with E-state index in [0.29, 0.717) is 36.6 Å². The van der Waals surface area contributed by atoms with Crippen LogP contribution in [0.5, 0.6) is 5.88 Å². The first-order chi connectivity index (χ1) is 13.0. The van der Waals surface area contributed by atoms with Gasteiger partial charge in [-0.1, -0.05) is 18.2 Å². The second kappa shape index (κ2) is 7.15. The standard InChI is InChI=1S/C20H18BrN3O3/c1-12-18(15-4-2-3-5-16(15)23-12)19(25)20(26)24-9-8-14(11-24)27-17-7-6-13(21)10-22-17/h2-7,10,14,23H,8-9,11H2,1H3. The van der Waals surface area contributed by atoms with Crippen LogP contribution < -0.4 is 4.74 Å². The van der Waals surface area contributed by atoms with Crippen LogP contribution in [0.15, 0.2) is 47.1 Å². The van der Waals surface area contributed by atoms with Gasteiger partial charge in [-0.2, -0.15) is 0 Å². The first kappa shape index (κ1) is 17.7. The third-order valence-corrected chi connectivity index (χ3v) is 5.20. The van der Waals surface area contributed by atoms with Gasteiger partial charge in [-0.3, -0.25) is 9.59 Å². The Morgan fingerprint density at radius 3 is 2.85 bits per heavy atom. The summed E-state index contributed by atoms with van der Waals surface area (Å²) in [6, 6.07) is 11.1. The van der Waals surface area contributed by atoms with Gasteiger partial charge in [0, 0.05) is 46.3 Å². The number of ether oxygens (including phenoxy) is 1. The lowest BCUT2D eigenvalue weighted by Gasteiger charge is -2.16. The van der Waals surface area contributed by atoms with Gasteiger partial charge in [0.15, 0.2) is 0 Å². The van der Waals surface area contributed by atoms with E-state index in [1.54, 1.807) is 17.2 Å². The molecule has 1 atom stereocenters. The molecule has 2 aromatic heterocycles. The molecule has 3 aromatic rings. The summed E-state index contributed by atoms with van der Waals surface area (Å²) in [6.07, 6.45) is 2.17. The van der Waals surface area contributed by atoms with Crippen molar-refractivity contribution < 1.29 is 14.3 Å². The van der Waals surface area contributed by atoms with Crippen LogP contribution in [0.3, 0.4) is 0 Å². The Morgan fingerprint density at radius 2 is 2.07 bits per heavy atom. The fourth-order valence-corrected chi connectivity index (χ4v) is 3.67. The molecule has 0 radical (unpaired) electrons. The SMILES string of the molecule is Cc1[nH]c2ccccc2c1C(=O)C(=O)N1CCC(Oc2ccc(Br)cn2)C1. The van der Waals surface area contributed by atoms with E-state index in [2.05, 4.69) is 25.9 Å². The van der Waals surface area contributed by atoms with Crippen LogP contribution in [-0.4, -0.2) is 45.8 Å². The van der Waals surface area contributed by atoms with Crippen LogP contribution >= 0.6 is 15.9 Å². The summed E-state index contributed by atoms with van der Waals surface area (Å²) in [4.78, 5) is 34.6. The maximum Gasteiger partial charge on any atom is 0.295 e. The van der Waals surface area contributed by atoms with E-state index in [1.165, 1.54) is 0 Å². The molecule has 1 amide bonds. The normalized spacial score (nSPS) is 16.7. The third-order valence-electron chi connectivity index (χ3n) is 4.73. The van der Waals surface area contributed by atoms with Gasteiger partial charge in [0.1, 0.15) is 6.10 Å². The summed E-state index contributed by atoms with van der Waals surface area (Å²) in [6.45, 7) is 2.69. The highest BCUT2D eigenvalue weighted by atomic mass is 79.9. The number of H-pyrrole nitrogens is 1. The molecule has 1 saturated heterocycles. The van der Waals surface area contributed by atoms with Gasteiger partial charge in [-0.15, -0.1) is 0 Å². The van der Waals surface area contributed by atoms with Crippen molar-refractivity contribution >= 4 is 38.5 Å².